The molecule has 0 aliphatic rings. The predicted molar refractivity (Wildman–Crippen MR) is 63.3 cm³/mol. The van der Waals surface area contributed by atoms with Gasteiger partial charge in [0.15, 0.2) is 0 Å². The Hall–Kier alpha value is -0.570. The molecule has 0 spiro atoms. The Labute approximate surface area is 96.8 Å². The summed E-state index contributed by atoms with van der Waals surface area (Å²) in [5.41, 5.74) is 0.0467. The number of aromatic nitrogens is 3. The van der Waals surface area contributed by atoms with Crippen LogP contribution >= 0.6 is 11.6 Å². The van der Waals surface area contributed by atoms with Crippen molar-refractivity contribution in [1.82, 2.24) is 14.8 Å². The minimum atomic E-state index is 0.0467. The minimum absolute atomic E-state index is 0.0467. The first-order valence-electron chi connectivity index (χ1n) is 5.69. The molecule has 0 unspecified atom stereocenters. The number of hydrogen-bond donors (Lipinski definition) is 0. The molecule has 0 atom stereocenters. The molecule has 0 N–H and O–H groups in total. The molecular weight excluding hydrogens is 210 g/mol. The van der Waals surface area contributed by atoms with E-state index in [2.05, 4.69) is 42.5 Å². The van der Waals surface area contributed by atoms with Gasteiger partial charge in [-0.05, 0) is 37.8 Å². The second kappa shape index (κ2) is 4.97. The molecule has 0 aliphatic carbocycles. The van der Waals surface area contributed by atoms with Crippen LogP contribution in [0.3, 0.4) is 0 Å². The summed E-state index contributed by atoms with van der Waals surface area (Å²) in [6.45, 7) is 8.70. The standard InChI is InChI=1S/C11H20ClN3/c1-5-8-9-13-14-10(12)15(9)11(4,6-2)7-3/h5-8H2,1-4H3. The predicted octanol–water partition coefficient (Wildman–Crippen LogP) is 3.42. The lowest BCUT2D eigenvalue weighted by molar-refractivity contribution is 0.284. The largest absolute Gasteiger partial charge is 0.296 e. The summed E-state index contributed by atoms with van der Waals surface area (Å²) in [7, 11) is 0. The third kappa shape index (κ3) is 2.33. The first kappa shape index (κ1) is 12.5. The van der Waals surface area contributed by atoms with E-state index in [0.29, 0.717) is 5.28 Å². The second-order valence-corrected chi connectivity index (χ2v) is 4.51. The van der Waals surface area contributed by atoms with E-state index in [9.17, 15) is 0 Å². The van der Waals surface area contributed by atoms with Gasteiger partial charge in [0.2, 0.25) is 5.28 Å². The number of hydrogen-bond acceptors (Lipinski definition) is 2. The highest BCUT2D eigenvalue weighted by Gasteiger charge is 2.27. The Bertz CT molecular complexity index is 316. The van der Waals surface area contributed by atoms with Crippen LogP contribution in [0, 0.1) is 0 Å². The number of aryl methyl sites for hydroxylation is 1. The van der Waals surface area contributed by atoms with Gasteiger partial charge in [0.25, 0.3) is 0 Å². The highest BCUT2D eigenvalue weighted by atomic mass is 35.5. The maximum atomic E-state index is 6.11. The van der Waals surface area contributed by atoms with Gasteiger partial charge in [-0.25, -0.2) is 0 Å². The topological polar surface area (TPSA) is 30.7 Å². The molecule has 0 saturated carbocycles. The fourth-order valence-electron chi connectivity index (χ4n) is 1.78. The Kier molecular flexibility index (Phi) is 4.14. The third-order valence-electron chi connectivity index (χ3n) is 3.23. The highest BCUT2D eigenvalue weighted by molar-refractivity contribution is 6.28. The van der Waals surface area contributed by atoms with Crippen LogP contribution in [0.15, 0.2) is 0 Å². The van der Waals surface area contributed by atoms with Gasteiger partial charge < -0.3 is 0 Å². The Balaban J connectivity index is 3.14. The van der Waals surface area contributed by atoms with Gasteiger partial charge >= 0.3 is 0 Å². The van der Waals surface area contributed by atoms with Crippen molar-refractivity contribution >= 4 is 11.6 Å². The Morgan fingerprint density at radius 2 is 1.80 bits per heavy atom. The Morgan fingerprint density at radius 3 is 2.27 bits per heavy atom. The van der Waals surface area contributed by atoms with E-state index in [0.717, 1.165) is 31.5 Å². The summed E-state index contributed by atoms with van der Waals surface area (Å²) >= 11 is 6.11. The van der Waals surface area contributed by atoms with Crippen molar-refractivity contribution in [3.63, 3.8) is 0 Å². The molecule has 1 heterocycles. The lowest BCUT2D eigenvalue weighted by atomic mass is 9.95. The zero-order valence-corrected chi connectivity index (χ0v) is 10.8. The molecule has 3 nitrogen and oxygen atoms in total. The van der Waals surface area contributed by atoms with Gasteiger partial charge in [-0.3, -0.25) is 4.57 Å². The van der Waals surface area contributed by atoms with Gasteiger partial charge in [0.05, 0.1) is 0 Å². The minimum Gasteiger partial charge on any atom is -0.296 e. The van der Waals surface area contributed by atoms with Crippen molar-refractivity contribution < 1.29 is 0 Å². The van der Waals surface area contributed by atoms with Crippen molar-refractivity contribution in [2.24, 2.45) is 0 Å². The van der Waals surface area contributed by atoms with Gasteiger partial charge in [-0.1, -0.05) is 20.8 Å². The summed E-state index contributed by atoms with van der Waals surface area (Å²) < 4.78 is 2.10. The molecule has 0 aliphatic heterocycles. The van der Waals surface area contributed by atoms with E-state index in [4.69, 9.17) is 11.6 Å². The zero-order chi connectivity index (χ0) is 11.5. The lowest BCUT2D eigenvalue weighted by Crippen LogP contribution is -2.30. The fourth-order valence-corrected chi connectivity index (χ4v) is 2.12. The van der Waals surface area contributed by atoms with Crippen LogP contribution < -0.4 is 0 Å². The van der Waals surface area contributed by atoms with E-state index >= 15 is 0 Å². The van der Waals surface area contributed by atoms with Crippen molar-refractivity contribution in [3.8, 4) is 0 Å². The van der Waals surface area contributed by atoms with Gasteiger partial charge in [-0.15, -0.1) is 10.2 Å². The van der Waals surface area contributed by atoms with Crippen LogP contribution in [0.5, 0.6) is 0 Å². The third-order valence-corrected chi connectivity index (χ3v) is 3.47. The average molecular weight is 230 g/mol. The van der Waals surface area contributed by atoms with E-state index < -0.39 is 0 Å². The lowest BCUT2D eigenvalue weighted by Gasteiger charge is -2.30. The van der Waals surface area contributed by atoms with Gasteiger partial charge in [0.1, 0.15) is 5.82 Å². The molecule has 15 heavy (non-hydrogen) atoms. The first-order chi connectivity index (χ1) is 7.09. The SMILES string of the molecule is CCCc1nnc(Cl)n1C(C)(CC)CC. The molecule has 0 saturated heterocycles. The molecule has 4 heteroatoms. The summed E-state index contributed by atoms with van der Waals surface area (Å²) in [5.74, 6) is 1.01. The van der Waals surface area contributed by atoms with Crippen LogP contribution in [-0.4, -0.2) is 14.8 Å². The van der Waals surface area contributed by atoms with Crippen LogP contribution in [-0.2, 0) is 12.0 Å². The molecule has 0 bridgehead atoms. The molecule has 86 valence electrons. The van der Waals surface area contributed by atoms with Crippen LogP contribution in [0.1, 0.15) is 52.8 Å². The normalized spacial score (nSPS) is 12.1. The Morgan fingerprint density at radius 1 is 1.20 bits per heavy atom. The molecule has 0 amide bonds. The molecular formula is C11H20ClN3. The number of rotatable bonds is 5. The molecule has 1 rings (SSSR count). The van der Waals surface area contributed by atoms with E-state index in [1.807, 2.05) is 0 Å². The molecule has 1 aromatic rings. The average Bonchev–Trinajstić information content (AvgIpc) is 2.60. The molecule has 0 fully saturated rings. The van der Waals surface area contributed by atoms with E-state index in [1.165, 1.54) is 0 Å². The maximum Gasteiger partial charge on any atom is 0.225 e. The van der Waals surface area contributed by atoms with Crippen molar-refractivity contribution in [2.45, 2.75) is 58.9 Å². The quantitative estimate of drug-likeness (QED) is 0.775. The second-order valence-electron chi connectivity index (χ2n) is 4.17. The van der Waals surface area contributed by atoms with Crippen molar-refractivity contribution in [3.05, 3.63) is 11.1 Å². The number of nitrogens with zero attached hydrogens (tertiary/aromatic N) is 3. The van der Waals surface area contributed by atoms with Crippen molar-refractivity contribution in [1.29, 1.82) is 0 Å². The van der Waals surface area contributed by atoms with Crippen LogP contribution in [0.4, 0.5) is 0 Å². The smallest absolute Gasteiger partial charge is 0.225 e. The monoisotopic (exact) mass is 229 g/mol. The van der Waals surface area contributed by atoms with Crippen molar-refractivity contribution in [2.75, 3.05) is 0 Å². The van der Waals surface area contributed by atoms with E-state index in [1.54, 1.807) is 0 Å². The summed E-state index contributed by atoms with van der Waals surface area (Å²) in [5, 5.41) is 8.64. The fraction of sp³-hybridized carbons (Fsp3) is 0.818. The van der Waals surface area contributed by atoms with Gasteiger partial charge in [-0.2, -0.15) is 0 Å². The zero-order valence-electron chi connectivity index (χ0n) is 10.0. The molecule has 1 aromatic heterocycles. The number of halogens is 1. The van der Waals surface area contributed by atoms with E-state index in [-0.39, 0.29) is 5.54 Å². The first-order valence-corrected chi connectivity index (χ1v) is 6.07. The summed E-state index contributed by atoms with van der Waals surface area (Å²) in [6, 6.07) is 0. The molecule has 0 aromatic carbocycles. The highest BCUT2D eigenvalue weighted by Crippen LogP contribution is 2.29. The van der Waals surface area contributed by atoms with Crippen LogP contribution in [0.25, 0.3) is 0 Å². The molecule has 0 radical (unpaired) electrons. The summed E-state index contributed by atoms with van der Waals surface area (Å²) in [6.07, 6.45) is 4.09. The van der Waals surface area contributed by atoms with Crippen LogP contribution in [0.2, 0.25) is 5.28 Å². The maximum absolute atomic E-state index is 6.11. The van der Waals surface area contributed by atoms with Gasteiger partial charge in [0, 0.05) is 12.0 Å². The summed E-state index contributed by atoms with van der Waals surface area (Å²) in [4.78, 5) is 0.